The highest BCUT2D eigenvalue weighted by atomic mass is 35.5. The molecule has 0 saturated heterocycles. The van der Waals surface area contributed by atoms with Crippen molar-refractivity contribution in [1.29, 1.82) is 0 Å². The summed E-state index contributed by atoms with van der Waals surface area (Å²) in [4.78, 5) is 9.83. The van der Waals surface area contributed by atoms with Crippen LogP contribution in [-0.4, -0.2) is 4.92 Å². The molecule has 1 aromatic rings. The molecule has 0 heterocycles. The molecule has 0 aliphatic carbocycles. The zero-order chi connectivity index (χ0) is 10.0. The van der Waals surface area contributed by atoms with Gasteiger partial charge in [0.1, 0.15) is 10.0 Å². The summed E-state index contributed by atoms with van der Waals surface area (Å²) in [6, 6.07) is 2.87. The van der Waals surface area contributed by atoms with Crippen molar-refractivity contribution in [3.63, 3.8) is 0 Å². The van der Waals surface area contributed by atoms with Gasteiger partial charge in [0.2, 0.25) is 0 Å². The summed E-state index contributed by atoms with van der Waals surface area (Å²) in [6.07, 6.45) is 0. The molecule has 2 N–H and O–H groups in total. The first kappa shape index (κ1) is 10.2. The summed E-state index contributed by atoms with van der Waals surface area (Å²) in [7, 11) is 0. The van der Waals surface area contributed by atoms with Gasteiger partial charge in [-0.15, -0.1) is 0 Å². The average molecular weight is 221 g/mol. The SMILES string of the molecule is NCc1cc(Cl)c([N+](=O)[O-])c(Cl)c1. The highest BCUT2D eigenvalue weighted by Gasteiger charge is 2.18. The molecule has 13 heavy (non-hydrogen) atoms. The van der Waals surface area contributed by atoms with Crippen LogP contribution in [0.5, 0.6) is 0 Å². The Labute approximate surface area is 84.4 Å². The third-order valence-corrected chi connectivity index (χ3v) is 2.07. The van der Waals surface area contributed by atoms with Gasteiger partial charge in [-0.3, -0.25) is 10.1 Å². The number of nitro groups is 1. The number of nitrogens with zero attached hydrogens (tertiary/aromatic N) is 1. The minimum atomic E-state index is -0.620. The van der Waals surface area contributed by atoms with E-state index in [1.807, 2.05) is 0 Å². The minimum Gasteiger partial charge on any atom is -0.326 e. The largest absolute Gasteiger partial charge is 0.326 e. The number of nitrogens with two attached hydrogens (primary N) is 1. The zero-order valence-electron chi connectivity index (χ0n) is 6.46. The maximum absolute atomic E-state index is 10.4. The van der Waals surface area contributed by atoms with Gasteiger partial charge < -0.3 is 5.73 Å². The van der Waals surface area contributed by atoms with E-state index in [9.17, 15) is 10.1 Å². The van der Waals surface area contributed by atoms with E-state index in [1.165, 1.54) is 12.1 Å². The highest BCUT2D eigenvalue weighted by Crippen LogP contribution is 2.33. The molecule has 0 aromatic heterocycles. The third-order valence-electron chi connectivity index (χ3n) is 1.49. The van der Waals surface area contributed by atoms with Crippen LogP contribution in [0.2, 0.25) is 10.0 Å². The van der Waals surface area contributed by atoms with Crippen LogP contribution in [0.4, 0.5) is 5.69 Å². The lowest BCUT2D eigenvalue weighted by Gasteiger charge is -2.01. The van der Waals surface area contributed by atoms with Crippen LogP contribution in [0, 0.1) is 10.1 Å². The summed E-state index contributed by atoms with van der Waals surface area (Å²) in [5.74, 6) is 0. The Balaban J connectivity index is 3.31. The molecule has 0 aliphatic rings. The minimum absolute atomic E-state index is 0.0120. The fourth-order valence-corrected chi connectivity index (χ4v) is 1.58. The predicted octanol–water partition coefficient (Wildman–Crippen LogP) is 2.36. The van der Waals surface area contributed by atoms with E-state index in [2.05, 4.69) is 0 Å². The topological polar surface area (TPSA) is 69.2 Å². The van der Waals surface area contributed by atoms with Gasteiger partial charge in [0.15, 0.2) is 0 Å². The molecule has 1 aromatic carbocycles. The molecule has 4 nitrogen and oxygen atoms in total. The number of rotatable bonds is 2. The lowest BCUT2D eigenvalue weighted by Crippen LogP contribution is -1.98. The second-order valence-electron chi connectivity index (χ2n) is 2.37. The molecular weight excluding hydrogens is 215 g/mol. The molecular formula is C7H6Cl2N2O2. The lowest BCUT2D eigenvalue weighted by molar-refractivity contribution is -0.384. The Morgan fingerprint density at radius 2 is 1.85 bits per heavy atom. The number of hydrogen-bond donors (Lipinski definition) is 1. The van der Waals surface area contributed by atoms with Crippen LogP contribution in [0.25, 0.3) is 0 Å². The molecule has 0 unspecified atom stereocenters. The van der Waals surface area contributed by atoms with Crippen LogP contribution >= 0.6 is 23.2 Å². The monoisotopic (exact) mass is 220 g/mol. The van der Waals surface area contributed by atoms with Gasteiger partial charge in [0.25, 0.3) is 0 Å². The van der Waals surface area contributed by atoms with Crippen LogP contribution in [-0.2, 0) is 6.54 Å². The Morgan fingerprint density at radius 3 is 2.15 bits per heavy atom. The Hall–Kier alpha value is -0.840. The molecule has 70 valence electrons. The molecule has 0 radical (unpaired) electrons. The van der Waals surface area contributed by atoms with E-state index in [0.717, 1.165) is 0 Å². The van der Waals surface area contributed by atoms with Crippen LogP contribution < -0.4 is 5.73 Å². The summed E-state index contributed by atoms with van der Waals surface area (Å²) in [5, 5.41) is 10.5. The first-order valence-electron chi connectivity index (χ1n) is 3.38. The number of benzene rings is 1. The fourth-order valence-electron chi connectivity index (χ4n) is 0.910. The average Bonchev–Trinajstić information content (AvgIpc) is 2.02. The fraction of sp³-hybridized carbons (Fsp3) is 0.143. The maximum Gasteiger partial charge on any atom is 0.306 e. The molecule has 0 bridgehead atoms. The van der Waals surface area contributed by atoms with E-state index in [-0.39, 0.29) is 22.3 Å². The molecule has 0 atom stereocenters. The molecule has 6 heteroatoms. The van der Waals surface area contributed by atoms with Crippen molar-refractivity contribution in [2.24, 2.45) is 5.73 Å². The van der Waals surface area contributed by atoms with Crippen molar-refractivity contribution < 1.29 is 4.92 Å². The van der Waals surface area contributed by atoms with E-state index in [1.54, 1.807) is 0 Å². The Morgan fingerprint density at radius 1 is 1.38 bits per heavy atom. The third kappa shape index (κ3) is 2.09. The molecule has 0 saturated carbocycles. The Bertz CT molecular complexity index is 331. The smallest absolute Gasteiger partial charge is 0.306 e. The zero-order valence-corrected chi connectivity index (χ0v) is 7.97. The number of halogens is 2. The summed E-state index contributed by atoms with van der Waals surface area (Å²) in [5.41, 5.74) is 5.72. The van der Waals surface area contributed by atoms with Crippen molar-refractivity contribution in [2.75, 3.05) is 0 Å². The molecule has 1 rings (SSSR count). The van der Waals surface area contributed by atoms with Gasteiger partial charge in [-0.1, -0.05) is 23.2 Å². The van der Waals surface area contributed by atoms with Gasteiger partial charge in [-0.05, 0) is 17.7 Å². The lowest BCUT2D eigenvalue weighted by atomic mass is 10.2. The van der Waals surface area contributed by atoms with E-state index < -0.39 is 4.92 Å². The normalized spacial score (nSPS) is 10.1. The van der Waals surface area contributed by atoms with Gasteiger partial charge in [-0.2, -0.15) is 0 Å². The van der Waals surface area contributed by atoms with E-state index >= 15 is 0 Å². The van der Waals surface area contributed by atoms with Crippen molar-refractivity contribution in [3.05, 3.63) is 37.9 Å². The van der Waals surface area contributed by atoms with Gasteiger partial charge in [-0.25, -0.2) is 0 Å². The predicted molar refractivity (Wildman–Crippen MR) is 51.0 cm³/mol. The molecule has 0 spiro atoms. The first-order chi connectivity index (χ1) is 6.06. The number of hydrogen-bond acceptors (Lipinski definition) is 3. The first-order valence-corrected chi connectivity index (χ1v) is 4.14. The quantitative estimate of drug-likeness (QED) is 0.615. The maximum atomic E-state index is 10.4. The highest BCUT2D eigenvalue weighted by molar-refractivity contribution is 6.38. The van der Waals surface area contributed by atoms with Crippen molar-refractivity contribution in [1.82, 2.24) is 0 Å². The van der Waals surface area contributed by atoms with Crippen LogP contribution in [0.1, 0.15) is 5.56 Å². The van der Waals surface area contributed by atoms with E-state index in [4.69, 9.17) is 28.9 Å². The standard InChI is InChI=1S/C7H6Cl2N2O2/c8-5-1-4(3-10)2-6(9)7(5)11(12)13/h1-2H,3,10H2. The van der Waals surface area contributed by atoms with Crippen molar-refractivity contribution >= 4 is 28.9 Å². The van der Waals surface area contributed by atoms with Crippen LogP contribution in [0.3, 0.4) is 0 Å². The molecule has 0 aliphatic heterocycles. The second kappa shape index (κ2) is 3.91. The molecule has 0 fully saturated rings. The van der Waals surface area contributed by atoms with Gasteiger partial charge in [0, 0.05) is 6.54 Å². The number of nitro benzene ring substituents is 1. The summed E-state index contributed by atoms with van der Waals surface area (Å²) in [6.45, 7) is 0.247. The molecule has 0 amide bonds. The summed E-state index contributed by atoms with van der Waals surface area (Å²) >= 11 is 11.3. The van der Waals surface area contributed by atoms with E-state index in [0.29, 0.717) is 5.56 Å². The van der Waals surface area contributed by atoms with Crippen molar-refractivity contribution in [3.8, 4) is 0 Å². The Kier molecular flexibility index (Phi) is 3.08. The van der Waals surface area contributed by atoms with Gasteiger partial charge in [0.05, 0.1) is 4.92 Å². The van der Waals surface area contributed by atoms with Crippen molar-refractivity contribution in [2.45, 2.75) is 6.54 Å². The van der Waals surface area contributed by atoms with Crippen LogP contribution in [0.15, 0.2) is 12.1 Å². The second-order valence-corrected chi connectivity index (χ2v) is 3.18. The van der Waals surface area contributed by atoms with Gasteiger partial charge >= 0.3 is 5.69 Å². The summed E-state index contributed by atoms with van der Waals surface area (Å²) < 4.78 is 0.